The molecule has 0 bridgehead atoms. The van der Waals surface area contributed by atoms with E-state index in [2.05, 4.69) is 24.4 Å². The van der Waals surface area contributed by atoms with Gasteiger partial charge in [-0.1, -0.05) is 51.2 Å². The van der Waals surface area contributed by atoms with Crippen LogP contribution in [0.1, 0.15) is 62.1 Å². The summed E-state index contributed by atoms with van der Waals surface area (Å²) in [4.78, 5) is 0. The van der Waals surface area contributed by atoms with Crippen LogP contribution in [-0.4, -0.2) is 11.7 Å². The summed E-state index contributed by atoms with van der Waals surface area (Å²) in [6, 6.07) is 4.13. The molecule has 1 aromatic rings. The first-order chi connectivity index (χ1) is 9.15. The van der Waals surface area contributed by atoms with Crippen molar-refractivity contribution in [1.82, 2.24) is 5.32 Å². The lowest BCUT2D eigenvalue weighted by Crippen LogP contribution is -2.14. The molecule has 0 saturated heterocycles. The number of hydrogen-bond acceptors (Lipinski definition) is 2. The number of benzene rings is 1. The Hall–Kier alpha value is -1.02. The van der Waals surface area contributed by atoms with E-state index in [4.69, 9.17) is 0 Å². The van der Waals surface area contributed by atoms with Crippen LogP contribution in [0.2, 0.25) is 0 Å². The van der Waals surface area contributed by atoms with Gasteiger partial charge in [0.05, 0.1) is 0 Å². The second-order valence-electron chi connectivity index (χ2n) is 5.52. The molecule has 0 heterocycles. The molecule has 0 saturated carbocycles. The average molecular weight is 263 g/mol. The van der Waals surface area contributed by atoms with Crippen LogP contribution in [0.25, 0.3) is 0 Å². The van der Waals surface area contributed by atoms with Crippen LogP contribution >= 0.6 is 0 Å². The van der Waals surface area contributed by atoms with E-state index in [1.165, 1.54) is 44.1 Å². The van der Waals surface area contributed by atoms with E-state index in [9.17, 15) is 5.11 Å². The number of rotatable bonds is 9. The Morgan fingerprint density at radius 3 is 2.16 bits per heavy atom. The summed E-state index contributed by atoms with van der Waals surface area (Å²) in [7, 11) is 0. The van der Waals surface area contributed by atoms with Crippen molar-refractivity contribution in [3.8, 4) is 5.75 Å². The molecule has 0 aromatic heterocycles. The summed E-state index contributed by atoms with van der Waals surface area (Å²) in [6.45, 7) is 8.16. The highest BCUT2D eigenvalue weighted by molar-refractivity contribution is 5.42. The number of nitrogens with one attached hydrogen (secondary N) is 1. The fraction of sp³-hybridized carbons (Fsp3) is 0.647. The van der Waals surface area contributed by atoms with E-state index in [0.717, 1.165) is 24.2 Å². The molecule has 0 radical (unpaired) electrons. The maximum absolute atomic E-state index is 9.72. The summed E-state index contributed by atoms with van der Waals surface area (Å²) >= 11 is 0. The van der Waals surface area contributed by atoms with Crippen molar-refractivity contribution in [2.24, 2.45) is 0 Å². The van der Waals surface area contributed by atoms with Gasteiger partial charge in [-0.05, 0) is 43.5 Å². The monoisotopic (exact) mass is 263 g/mol. The van der Waals surface area contributed by atoms with Gasteiger partial charge in [0.25, 0.3) is 0 Å². The second kappa shape index (κ2) is 8.98. The predicted octanol–water partition coefficient (Wildman–Crippen LogP) is 4.46. The van der Waals surface area contributed by atoms with Gasteiger partial charge in [-0.25, -0.2) is 0 Å². The normalized spacial score (nSPS) is 10.9. The molecule has 0 unspecified atom stereocenters. The minimum absolute atomic E-state index is 0.430. The number of aromatic hydroxyl groups is 1. The van der Waals surface area contributed by atoms with E-state index in [1.807, 2.05) is 13.8 Å². The lowest BCUT2D eigenvalue weighted by Gasteiger charge is -2.09. The van der Waals surface area contributed by atoms with Crippen molar-refractivity contribution in [3.63, 3.8) is 0 Å². The molecule has 0 spiro atoms. The van der Waals surface area contributed by atoms with Gasteiger partial charge in [-0.15, -0.1) is 0 Å². The Labute approximate surface area is 118 Å². The molecule has 0 aliphatic rings. The van der Waals surface area contributed by atoms with Crippen LogP contribution in [0.5, 0.6) is 5.75 Å². The largest absolute Gasteiger partial charge is 0.507 e. The van der Waals surface area contributed by atoms with Gasteiger partial charge in [0.2, 0.25) is 0 Å². The van der Waals surface area contributed by atoms with Gasteiger partial charge in [0.1, 0.15) is 5.75 Å². The topological polar surface area (TPSA) is 32.3 Å². The average Bonchev–Trinajstić information content (AvgIpc) is 2.39. The number of aryl methyl sites for hydroxylation is 2. The highest BCUT2D eigenvalue weighted by Gasteiger charge is 2.02. The summed E-state index contributed by atoms with van der Waals surface area (Å²) in [6.07, 6.45) is 8.04. The van der Waals surface area contributed by atoms with Crippen molar-refractivity contribution in [3.05, 3.63) is 28.8 Å². The SMILES string of the molecule is CCCCCCCCNCc1cc(C)c(O)c(C)c1. The summed E-state index contributed by atoms with van der Waals surface area (Å²) < 4.78 is 0. The van der Waals surface area contributed by atoms with E-state index < -0.39 is 0 Å². The molecular weight excluding hydrogens is 234 g/mol. The van der Waals surface area contributed by atoms with Gasteiger partial charge in [0, 0.05) is 6.54 Å². The molecule has 108 valence electrons. The third-order valence-corrected chi connectivity index (χ3v) is 3.59. The fourth-order valence-corrected chi connectivity index (χ4v) is 2.41. The van der Waals surface area contributed by atoms with Crippen molar-refractivity contribution in [2.75, 3.05) is 6.54 Å². The van der Waals surface area contributed by atoms with Gasteiger partial charge in [0.15, 0.2) is 0 Å². The first-order valence-electron chi connectivity index (χ1n) is 7.65. The maximum atomic E-state index is 9.72. The third-order valence-electron chi connectivity index (χ3n) is 3.59. The van der Waals surface area contributed by atoms with Crippen LogP contribution in [0.15, 0.2) is 12.1 Å². The Morgan fingerprint density at radius 1 is 0.947 bits per heavy atom. The highest BCUT2D eigenvalue weighted by atomic mass is 16.3. The summed E-state index contributed by atoms with van der Waals surface area (Å²) in [5.41, 5.74) is 3.20. The van der Waals surface area contributed by atoms with Crippen molar-refractivity contribution in [2.45, 2.75) is 65.8 Å². The third kappa shape index (κ3) is 6.11. The fourth-order valence-electron chi connectivity index (χ4n) is 2.41. The lowest BCUT2D eigenvalue weighted by atomic mass is 10.1. The highest BCUT2D eigenvalue weighted by Crippen LogP contribution is 2.22. The minimum Gasteiger partial charge on any atom is -0.507 e. The Morgan fingerprint density at radius 2 is 1.53 bits per heavy atom. The van der Waals surface area contributed by atoms with Crippen LogP contribution in [0.3, 0.4) is 0 Å². The Kier molecular flexibility index (Phi) is 7.57. The van der Waals surface area contributed by atoms with Gasteiger partial charge < -0.3 is 10.4 Å². The molecule has 0 fully saturated rings. The summed E-state index contributed by atoms with van der Waals surface area (Å²) in [5.74, 6) is 0.430. The van der Waals surface area contributed by atoms with Crippen LogP contribution in [0, 0.1) is 13.8 Å². The molecular formula is C17H29NO. The lowest BCUT2D eigenvalue weighted by molar-refractivity contribution is 0.466. The zero-order chi connectivity index (χ0) is 14.1. The number of unbranched alkanes of at least 4 members (excludes halogenated alkanes) is 5. The van der Waals surface area contributed by atoms with E-state index in [1.54, 1.807) is 0 Å². The minimum atomic E-state index is 0.430. The predicted molar refractivity (Wildman–Crippen MR) is 82.7 cm³/mol. The van der Waals surface area contributed by atoms with Gasteiger partial charge in [-0.2, -0.15) is 0 Å². The van der Waals surface area contributed by atoms with Crippen molar-refractivity contribution >= 4 is 0 Å². The number of hydrogen-bond donors (Lipinski definition) is 2. The molecule has 0 aliphatic carbocycles. The van der Waals surface area contributed by atoms with Crippen molar-refractivity contribution < 1.29 is 5.11 Å². The van der Waals surface area contributed by atoms with E-state index in [-0.39, 0.29) is 0 Å². The van der Waals surface area contributed by atoms with Crippen LogP contribution in [-0.2, 0) is 6.54 Å². The number of phenols is 1. The smallest absolute Gasteiger partial charge is 0.121 e. The standard InChI is InChI=1S/C17H29NO/c1-4-5-6-7-8-9-10-18-13-16-11-14(2)17(19)15(3)12-16/h11-12,18-19H,4-10,13H2,1-3H3. The summed E-state index contributed by atoms with van der Waals surface area (Å²) in [5, 5.41) is 13.2. The molecule has 1 rings (SSSR count). The zero-order valence-corrected chi connectivity index (χ0v) is 12.8. The van der Waals surface area contributed by atoms with E-state index in [0.29, 0.717) is 5.75 Å². The van der Waals surface area contributed by atoms with Crippen molar-refractivity contribution in [1.29, 1.82) is 0 Å². The first kappa shape index (κ1) is 16.0. The molecule has 0 atom stereocenters. The molecule has 2 nitrogen and oxygen atoms in total. The maximum Gasteiger partial charge on any atom is 0.121 e. The quantitative estimate of drug-likeness (QED) is 0.645. The van der Waals surface area contributed by atoms with Crippen LogP contribution in [0.4, 0.5) is 0 Å². The molecule has 1 aromatic carbocycles. The van der Waals surface area contributed by atoms with Gasteiger partial charge in [-0.3, -0.25) is 0 Å². The molecule has 2 heteroatoms. The molecule has 19 heavy (non-hydrogen) atoms. The molecule has 0 amide bonds. The molecule has 0 aliphatic heterocycles. The first-order valence-corrected chi connectivity index (χ1v) is 7.65. The Balaban J connectivity index is 2.16. The molecule has 2 N–H and O–H groups in total. The Bertz CT molecular complexity index is 351. The van der Waals surface area contributed by atoms with Gasteiger partial charge >= 0.3 is 0 Å². The van der Waals surface area contributed by atoms with Crippen LogP contribution < -0.4 is 5.32 Å². The second-order valence-corrected chi connectivity index (χ2v) is 5.52. The van der Waals surface area contributed by atoms with E-state index >= 15 is 0 Å². The zero-order valence-electron chi connectivity index (χ0n) is 12.8. The number of phenolic OH excluding ortho intramolecular Hbond substituents is 1.